The first-order valence-electron chi connectivity index (χ1n) is 6.59. The summed E-state index contributed by atoms with van der Waals surface area (Å²) in [4.78, 5) is 16.2. The molecule has 0 saturated carbocycles. The molecule has 2 N–H and O–H groups in total. The quantitative estimate of drug-likeness (QED) is 0.660. The molecule has 0 radical (unpaired) electrons. The Balaban J connectivity index is 2.28. The number of benzene rings is 1. The van der Waals surface area contributed by atoms with Gasteiger partial charge in [0.15, 0.2) is 5.71 Å². The Hall–Kier alpha value is -2.36. The molecule has 1 amide bonds. The number of amides is 1. The fourth-order valence-corrected chi connectivity index (χ4v) is 2.32. The van der Waals surface area contributed by atoms with E-state index in [1.165, 1.54) is 7.11 Å². The van der Waals surface area contributed by atoms with Crippen LogP contribution in [0.3, 0.4) is 0 Å². The lowest BCUT2D eigenvalue weighted by Crippen LogP contribution is -2.25. The minimum atomic E-state index is -0.547. The van der Waals surface area contributed by atoms with Crippen LogP contribution in [0.25, 0.3) is 6.08 Å². The predicted molar refractivity (Wildman–Crippen MR) is 80.0 cm³/mol. The summed E-state index contributed by atoms with van der Waals surface area (Å²) in [5, 5.41) is 3.76. The van der Waals surface area contributed by atoms with Crippen LogP contribution in [0, 0.1) is 0 Å². The Kier molecular flexibility index (Phi) is 4.71. The van der Waals surface area contributed by atoms with Crippen LogP contribution in [0.2, 0.25) is 0 Å². The second-order valence-corrected chi connectivity index (χ2v) is 4.59. The Morgan fingerprint density at radius 1 is 1.25 bits per heavy atom. The van der Waals surface area contributed by atoms with Crippen LogP contribution in [-0.4, -0.2) is 18.7 Å². The maximum Gasteiger partial charge on any atom is 0.271 e. The molecule has 1 aliphatic carbocycles. The predicted octanol–water partition coefficient (Wildman–Crippen LogP) is 2.67. The third-order valence-corrected chi connectivity index (χ3v) is 3.24. The van der Waals surface area contributed by atoms with Crippen molar-refractivity contribution in [3.8, 4) is 0 Å². The van der Waals surface area contributed by atoms with E-state index in [1.807, 2.05) is 42.5 Å². The number of carbonyl (C=O) groups is 1. The minimum absolute atomic E-state index is 0.234. The van der Waals surface area contributed by atoms with E-state index in [9.17, 15) is 4.79 Å². The highest BCUT2D eigenvalue weighted by Crippen LogP contribution is 2.28. The summed E-state index contributed by atoms with van der Waals surface area (Å²) < 4.78 is 0. The molecule has 0 bridgehead atoms. The lowest BCUT2D eigenvalue weighted by molar-refractivity contribution is -0.112. The van der Waals surface area contributed by atoms with Crippen LogP contribution in [-0.2, 0) is 9.63 Å². The molecule has 0 heterocycles. The Bertz CT molecular complexity index is 571. The van der Waals surface area contributed by atoms with Crippen LogP contribution in [0.1, 0.15) is 24.8 Å². The average Bonchev–Trinajstić information content (AvgIpc) is 2.91. The molecule has 0 fully saturated rings. The first kappa shape index (κ1) is 14.1. The molecule has 0 aromatic heterocycles. The number of oxime groups is 1. The van der Waals surface area contributed by atoms with Crippen molar-refractivity contribution in [2.24, 2.45) is 10.9 Å². The highest BCUT2D eigenvalue weighted by Gasteiger charge is 2.22. The SMILES string of the molecule is CO/N=C(/C(N)=O)C1=C(/C=C/c2ccccc2)CCC1. The number of primary amides is 1. The molecular weight excluding hydrogens is 252 g/mol. The molecule has 0 unspecified atom stereocenters. The molecular formula is C16H18N2O2. The number of carbonyl (C=O) groups excluding carboxylic acids is 1. The smallest absolute Gasteiger partial charge is 0.271 e. The largest absolute Gasteiger partial charge is 0.398 e. The molecule has 1 aromatic carbocycles. The van der Waals surface area contributed by atoms with Gasteiger partial charge in [-0.15, -0.1) is 0 Å². The van der Waals surface area contributed by atoms with E-state index in [2.05, 4.69) is 5.16 Å². The lowest BCUT2D eigenvalue weighted by atomic mass is 10.0. The monoisotopic (exact) mass is 270 g/mol. The first-order chi connectivity index (χ1) is 9.72. The lowest BCUT2D eigenvalue weighted by Gasteiger charge is -2.04. The summed E-state index contributed by atoms with van der Waals surface area (Å²) in [5.41, 5.74) is 8.71. The molecule has 4 nitrogen and oxygen atoms in total. The van der Waals surface area contributed by atoms with E-state index < -0.39 is 5.91 Å². The average molecular weight is 270 g/mol. The molecule has 20 heavy (non-hydrogen) atoms. The molecule has 4 heteroatoms. The maximum atomic E-state index is 11.4. The molecule has 1 aliphatic rings. The molecule has 0 saturated heterocycles. The Labute approximate surface area is 118 Å². The minimum Gasteiger partial charge on any atom is -0.398 e. The van der Waals surface area contributed by atoms with Gasteiger partial charge in [0, 0.05) is 0 Å². The van der Waals surface area contributed by atoms with Crippen molar-refractivity contribution < 1.29 is 9.63 Å². The summed E-state index contributed by atoms with van der Waals surface area (Å²) in [7, 11) is 1.41. The zero-order valence-corrected chi connectivity index (χ0v) is 11.5. The number of allylic oxidation sites excluding steroid dienone is 2. The number of rotatable bonds is 5. The fraction of sp³-hybridized carbons (Fsp3) is 0.250. The van der Waals surface area contributed by atoms with Crippen LogP contribution < -0.4 is 5.73 Å². The summed E-state index contributed by atoms with van der Waals surface area (Å²) in [6, 6.07) is 10.0. The number of nitrogens with two attached hydrogens (primary N) is 1. The van der Waals surface area contributed by atoms with Crippen molar-refractivity contribution in [3.05, 3.63) is 53.1 Å². The summed E-state index contributed by atoms with van der Waals surface area (Å²) in [6.07, 6.45) is 6.80. The van der Waals surface area contributed by atoms with Gasteiger partial charge in [-0.3, -0.25) is 4.79 Å². The van der Waals surface area contributed by atoms with Crippen molar-refractivity contribution in [2.45, 2.75) is 19.3 Å². The topological polar surface area (TPSA) is 64.7 Å². The van der Waals surface area contributed by atoms with Gasteiger partial charge in [-0.1, -0.05) is 47.6 Å². The summed E-state index contributed by atoms with van der Waals surface area (Å²) in [6.45, 7) is 0. The van der Waals surface area contributed by atoms with E-state index in [1.54, 1.807) is 0 Å². The van der Waals surface area contributed by atoms with Gasteiger partial charge in [-0.25, -0.2) is 0 Å². The molecule has 0 aliphatic heterocycles. The van der Waals surface area contributed by atoms with E-state index in [4.69, 9.17) is 10.6 Å². The van der Waals surface area contributed by atoms with Crippen LogP contribution >= 0.6 is 0 Å². The number of nitrogens with zero attached hydrogens (tertiary/aromatic N) is 1. The van der Waals surface area contributed by atoms with Gasteiger partial charge >= 0.3 is 0 Å². The fourth-order valence-electron chi connectivity index (χ4n) is 2.32. The molecule has 2 rings (SSSR count). The second-order valence-electron chi connectivity index (χ2n) is 4.59. The van der Waals surface area contributed by atoms with E-state index in [0.29, 0.717) is 0 Å². The van der Waals surface area contributed by atoms with Gasteiger partial charge in [0.2, 0.25) is 0 Å². The molecule has 104 valence electrons. The molecule has 0 spiro atoms. The molecule has 0 atom stereocenters. The maximum absolute atomic E-state index is 11.4. The zero-order valence-electron chi connectivity index (χ0n) is 11.5. The van der Waals surface area contributed by atoms with E-state index in [-0.39, 0.29) is 5.71 Å². The van der Waals surface area contributed by atoms with Crippen molar-refractivity contribution in [1.29, 1.82) is 0 Å². The first-order valence-corrected chi connectivity index (χ1v) is 6.59. The van der Waals surface area contributed by atoms with Crippen molar-refractivity contribution >= 4 is 17.7 Å². The Morgan fingerprint density at radius 3 is 2.65 bits per heavy atom. The van der Waals surface area contributed by atoms with Gasteiger partial charge < -0.3 is 10.6 Å². The Morgan fingerprint density at radius 2 is 2.00 bits per heavy atom. The number of hydrogen-bond donors (Lipinski definition) is 1. The highest BCUT2D eigenvalue weighted by atomic mass is 16.6. The van der Waals surface area contributed by atoms with Gasteiger partial charge in [0.05, 0.1) is 0 Å². The van der Waals surface area contributed by atoms with Crippen LogP contribution in [0.15, 0.2) is 52.7 Å². The van der Waals surface area contributed by atoms with Gasteiger partial charge in [-0.05, 0) is 36.0 Å². The standard InChI is InChI=1S/C16H18N2O2/c1-20-18-15(16(17)19)14-9-5-8-13(14)11-10-12-6-3-2-4-7-12/h2-4,6-7,10-11H,5,8-9H2,1H3,(H2,17,19)/b11-10+,18-15+. The third kappa shape index (κ3) is 3.35. The summed E-state index contributed by atoms with van der Waals surface area (Å²) >= 11 is 0. The molecule has 1 aromatic rings. The van der Waals surface area contributed by atoms with Gasteiger partial charge in [-0.2, -0.15) is 0 Å². The summed E-state index contributed by atoms with van der Waals surface area (Å²) in [5.74, 6) is -0.547. The van der Waals surface area contributed by atoms with E-state index in [0.717, 1.165) is 36.0 Å². The van der Waals surface area contributed by atoms with Crippen LogP contribution in [0.5, 0.6) is 0 Å². The van der Waals surface area contributed by atoms with Crippen LogP contribution in [0.4, 0.5) is 0 Å². The normalized spacial score (nSPS) is 15.9. The highest BCUT2D eigenvalue weighted by molar-refractivity contribution is 6.45. The zero-order chi connectivity index (χ0) is 14.4. The number of hydrogen-bond acceptors (Lipinski definition) is 3. The van der Waals surface area contributed by atoms with E-state index >= 15 is 0 Å². The van der Waals surface area contributed by atoms with Crippen molar-refractivity contribution in [3.63, 3.8) is 0 Å². The second kappa shape index (κ2) is 6.70. The van der Waals surface area contributed by atoms with Gasteiger partial charge in [0.25, 0.3) is 5.91 Å². The third-order valence-electron chi connectivity index (χ3n) is 3.24. The van der Waals surface area contributed by atoms with Crippen molar-refractivity contribution in [1.82, 2.24) is 0 Å². The van der Waals surface area contributed by atoms with Crippen molar-refractivity contribution in [2.75, 3.05) is 7.11 Å². The van der Waals surface area contributed by atoms with Gasteiger partial charge in [0.1, 0.15) is 7.11 Å².